The number of rotatable bonds is 3. The van der Waals surface area contributed by atoms with E-state index in [0.29, 0.717) is 0 Å². The Labute approximate surface area is 123 Å². The van der Waals surface area contributed by atoms with Crippen LogP contribution in [0.15, 0.2) is 18.2 Å². The first-order valence-electron chi connectivity index (χ1n) is 5.80. The first kappa shape index (κ1) is 15.7. The highest BCUT2D eigenvalue weighted by molar-refractivity contribution is 7.17. The molecule has 102 valence electrons. The largest absolute Gasteiger partial charge is 0.331 e. The van der Waals surface area contributed by atoms with Gasteiger partial charge in [-0.2, -0.15) is 0 Å². The van der Waals surface area contributed by atoms with E-state index in [1.54, 1.807) is 6.92 Å². The smallest absolute Gasteiger partial charge is 0.188 e. The summed E-state index contributed by atoms with van der Waals surface area (Å²) in [7, 11) is 0. The number of anilines is 2. The van der Waals surface area contributed by atoms with Crippen molar-refractivity contribution in [1.29, 1.82) is 0 Å². The Morgan fingerprint density at radius 3 is 2.53 bits per heavy atom. The van der Waals surface area contributed by atoms with Crippen molar-refractivity contribution in [2.45, 2.75) is 27.7 Å². The first-order valence-corrected chi connectivity index (χ1v) is 6.61. The van der Waals surface area contributed by atoms with Gasteiger partial charge in [-0.1, -0.05) is 23.5 Å². The zero-order chi connectivity index (χ0) is 13.3. The average molecular weight is 297 g/mol. The molecular formula is C14H17ClN2OS. The van der Waals surface area contributed by atoms with E-state index in [0.717, 1.165) is 27.0 Å². The van der Waals surface area contributed by atoms with Crippen LogP contribution in [-0.2, 0) is 0 Å². The fourth-order valence-corrected chi connectivity index (χ4v) is 2.64. The maximum atomic E-state index is 11.4. The number of ketones is 1. The van der Waals surface area contributed by atoms with E-state index < -0.39 is 0 Å². The van der Waals surface area contributed by atoms with Crippen LogP contribution in [0.2, 0.25) is 0 Å². The zero-order valence-electron chi connectivity index (χ0n) is 11.4. The summed E-state index contributed by atoms with van der Waals surface area (Å²) in [6.07, 6.45) is 0. The Morgan fingerprint density at radius 2 is 1.95 bits per heavy atom. The van der Waals surface area contributed by atoms with Crippen molar-refractivity contribution in [2.75, 3.05) is 5.32 Å². The maximum Gasteiger partial charge on any atom is 0.188 e. The van der Waals surface area contributed by atoms with Crippen LogP contribution < -0.4 is 5.32 Å². The van der Waals surface area contributed by atoms with Crippen molar-refractivity contribution >= 4 is 40.3 Å². The number of thiazole rings is 1. The van der Waals surface area contributed by atoms with Gasteiger partial charge in [0.15, 0.2) is 10.9 Å². The Hall–Kier alpha value is -1.39. The summed E-state index contributed by atoms with van der Waals surface area (Å²) in [6.45, 7) is 7.54. The number of aromatic nitrogens is 1. The SMILES string of the molecule is CC(=O)c1sc(Nc2cc(C)ccc2C)nc1C.Cl. The number of aryl methyl sites for hydroxylation is 3. The summed E-state index contributed by atoms with van der Waals surface area (Å²) in [5.74, 6) is 0.0685. The van der Waals surface area contributed by atoms with Crippen molar-refractivity contribution in [2.24, 2.45) is 0 Å². The molecule has 0 aliphatic rings. The lowest BCUT2D eigenvalue weighted by Crippen LogP contribution is -1.93. The minimum atomic E-state index is 0. The van der Waals surface area contributed by atoms with Gasteiger partial charge in [0.05, 0.1) is 10.6 Å². The van der Waals surface area contributed by atoms with Gasteiger partial charge in [0.25, 0.3) is 0 Å². The molecule has 0 spiro atoms. The van der Waals surface area contributed by atoms with E-state index >= 15 is 0 Å². The van der Waals surface area contributed by atoms with Gasteiger partial charge < -0.3 is 5.32 Å². The molecule has 0 radical (unpaired) electrons. The minimum absolute atomic E-state index is 0. The van der Waals surface area contributed by atoms with Crippen LogP contribution in [0.3, 0.4) is 0 Å². The second-order valence-electron chi connectivity index (χ2n) is 4.43. The lowest BCUT2D eigenvalue weighted by molar-refractivity contribution is 0.102. The topological polar surface area (TPSA) is 42.0 Å². The van der Waals surface area contributed by atoms with Crippen LogP contribution in [-0.4, -0.2) is 10.8 Å². The normalized spacial score (nSPS) is 9.89. The van der Waals surface area contributed by atoms with Gasteiger partial charge in [-0.05, 0) is 38.0 Å². The van der Waals surface area contributed by atoms with Crippen LogP contribution in [0.25, 0.3) is 0 Å². The molecule has 1 N–H and O–H groups in total. The molecule has 19 heavy (non-hydrogen) atoms. The van der Waals surface area contributed by atoms with Crippen LogP contribution >= 0.6 is 23.7 Å². The van der Waals surface area contributed by atoms with Gasteiger partial charge in [-0.25, -0.2) is 4.98 Å². The number of hydrogen-bond donors (Lipinski definition) is 1. The summed E-state index contributed by atoms with van der Waals surface area (Å²) in [6, 6.07) is 6.23. The zero-order valence-corrected chi connectivity index (χ0v) is 13.0. The number of nitrogens with zero attached hydrogens (tertiary/aromatic N) is 1. The van der Waals surface area contributed by atoms with E-state index in [9.17, 15) is 4.79 Å². The molecule has 0 bridgehead atoms. The Kier molecular flexibility index (Phi) is 5.09. The summed E-state index contributed by atoms with van der Waals surface area (Å²) in [5, 5.41) is 4.05. The van der Waals surface area contributed by atoms with Crippen LogP contribution in [0, 0.1) is 20.8 Å². The number of benzene rings is 1. The molecule has 5 heteroatoms. The third-order valence-electron chi connectivity index (χ3n) is 2.75. The molecule has 2 aromatic rings. The summed E-state index contributed by atoms with van der Waals surface area (Å²) in [5.41, 5.74) is 4.19. The molecule has 0 aliphatic heterocycles. The van der Waals surface area contributed by atoms with Crippen LogP contribution in [0.1, 0.15) is 33.4 Å². The van der Waals surface area contributed by atoms with Gasteiger partial charge in [-0.15, -0.1) is 12.4 Å². The highest BCUT2D eigenvalue weighted by atomic mass is 35.5. The molecule has 0 fully saturated rings. The van der Waals surface area contributed by atoms with Crippen molar-refractivity contribution in [3.05, 3.63) is 39.9 Å². The van der Waals surface area contributed by atoms with Crippen molar-refractivity contribution < 1.29 is 4.79 Å². The predicted octanol–water partition coefficient (Wildman–Crippen LogP) is 4.44. The lowest BCUT2D eigenvalue weighted by atomic mass is 10.1. The molecule has 1 heterocycles. The van der Waals surface area contributed by atoms with Gasteiger partial charge in [0.1, 0.15) is 0 Å². The number of hydrogen-bond acceptors (Lipinski definition) is 4. The number of carbonyl (C=O) groups excluding carboxylic acids is 1. The fourth-order valence-electron chi connectivity index (χ4n) is 1.76. The van der Waals surface area contributed by atoms with Crippen LogP contribution in [0.4, 0.5) is 10.8 Å². The fraction of sp³-hybridized carbons (Fsp3) is 0.286. The van der Waals surface area contributed by atoms with Gasteiger partial charge in [0, 0.05) is 12.6 Å². The quantitative estimate of drug-likeness (QED) is 0.852. The molecule has 0 unspecified atom stereocenters. The predicted molar refractivity (Wildman–Crippen MR) is 83.3 cm³/mol. The Bertz CT molecular complexity index is 607. The summed E-state index contributed by atoms with van der Waals surface area (Å²) < 4.78 is 0. The Morgan fingerprint density at radius 1 is 1.26 bits per heavy atom. The third kappa shape index (κ3) is 3.55. The molecule has 0 aliphatic carbocycles. The first-order chi connectivity index (χ1) is 8.47. The van der Waals surface area contributed by atoms with E-state index in [4.69, 9.17) is 0 Å². The molecule has 0 saturated heterocycles. The van der Waals surface area contributed by atoms with Gasteiger partial charge in [0.2, 0.25) is 0 Å². The molecule has 0 saturated carbocycles. The number of carbonyl (C=O) groups is 1. The Balaban J connectivity index is 0.00000180. The molecular weight excluding hydrogens is 280 g/mol. The minimum Gasteiger partial charge on any atom is -0.331 e. The molecule has 3 nitrogen and oxygen atoms in total. The van der Waals surface area contributed by atoms with Crippen molar-refractivity contribution in [3.8, 4) is 0 Å². The summed E-state index contributed by atoms with van der Waals surface area (Å²) >= 11 is 1.41. The highest BCUT2D eigenvalue weighted by Crippen LogP contribution is 2.27. The third-order valence-corrected chi connectivity index (χ3v) is 3.92. The molecule has 1 aromatic heterocycles. The molecule has 0 atom stereocenters. The number of halogens is 1. The van der Waals surface area contributed by atoms with Crippen molar-refractivity contribution in [3.63, 3.8) is 0 Å². The highest BCUT2D eigenvalue weighted by Gasteiger charge is 2.12. The van der Waals surface area contributed by atoms with E-state index in [1.807, 2.05) is 13.8 Å². The second kappa shape index (κ2) is 6.17. The lowest BCUT2D eigenvalue weighted by Gasteiger charge is -2.07. The van der Waals surface area contributed by atoms with E-state index in [2.05, 4.69) is 35.4 Å². The molecule has 0 amide bonds. The molecule has 1 aromatic carbocycles. The second-order valence-corrected chi connectivity index (χ2v) is 5.43. The monoisotopic (exact) mass is 296 g/mol. The summed E-state index contributed by atoms with van der Waals surface area (Å²) in [4.78, 5) is 16.5. The molecule has 2 rings (SSSR count). The van der Waals surface area contributed by atoms with E-state index in [-0.39, 0.29) is 18.2 Å². The standard InChI is InChI=1S/C14H16N2OS.ClH/c1-8-5-6-9(2)12(7-8)16-14-15-10(3)13(18-14)11(4)17;/h5-7H,1-4H3,(H,15,16);1H. The average Bonchev–Trinajstić information content (AvgIpc) is 2.65. The number of Topliss-reactive ketones (excluding diaryl/α,β-unsaturated/α-hetero) is 1. The van der Waals surface area contributed by atoms with E-state index in [1.165, 1.54) is 16.9 Å². The van der Waals surface area contributed by atoms with Crippen LogP contribution in [0.5, 0.6) is 0 Å². The van der Waals surface area contributed by atoms with Crippen molar-refractivity contribution in [1.82, 2.24) is 4.98 Å². The number of nitrogens with one attached hydrogen (secondary N) is 1. The van der Waals surface area contributed by atoms with Gasteiger partial charge >= 0.3 is 0 Å². The maximum absolute atomic E-state index is 11.4. The van der Waals surface area contributed by atoms with Gasteiger partial charge in [-0.3, -0.25) is 4.79 Å².